The van der Waals surface area contributed by atoms with Crippen LogP contribution in [0.4, 0.5) is 10.2 Å². The average molecular weight is 490 g/mol. The Bertz CT molecular complexity index is 1220. The van der Waals surface area contributed by atoms with Gasteiger partial charge < -0.3 is 10.6 Å². The second-order valence-corrected chi connectivity index (χ2v) is 11.7. The lowest BCUT2D eigenvalue weighted by molar-refractivity contribution is 0.0979. The van der Waals surface area contributed by atoms with Crippen molar-refractivity contribution in [3.63, 3.8) is 0 Å². The van der Waals surface area contributed by atoms with Gasteiger partial charge in [-0.05, 0) is 63.3 Å². The number of nitrogens with one attached hydrogen (secondary N) is 1. The number of carbonyl (C=O) groups is 1. The van der Waals surface area contributed by atoms with E-state index < -0.39 is 16.1 Å². The Morgan fingerprint density at radius 2 is 1.97 bits per heavy atom. The minimum atomic E-state index is -4.04. The molecule has 2 atom stereocenters. The predicted octanol–water partition coefficient (Wildman–Crippen LogP) is 2.83. The van der Waals surface area contributed by atoms with Gasteiger partial charge in [0.25, 0.3) is 5.91 Å². The number of nitrogens with two attached hydrogens (primary N) is 1. The summed E-state index contributed by atoms with van der Waals surface area (Å²) in [6.07, 6.45) is 1.44. The maximum atomic E-state index is 14.2. The topological polar surface area (TPSA) is 109 Å². The highest BCUT2D eigenvalue weighted by Crippen LogP contribution is 2.38. The van der Waals surface area contributed by atoms with E-state index in [1.165, 1.54) is 10.4 Å². The van der Waals surface area contributed by atoms with E-state index in [1.807, 2.05) is 4.90 Å². The molecule has 2 aromatic rings. The van der Waals surface area contributed by atoms with E-state index in [2.05, 4.69) is 25.5 Å². The maximum absolute atomic E-state index is 14.2. The molecular weight excluding hydrogens is 457 g/mol. The minimum Gasteiger partial charge on any atom is -0.351 e. The molecule has 0 saturated carbocycles. The fourth-order valence-electron chi connectivity index (χ4n) is 5.03. The third-order valence-corrected chi connectivity index (χ3v) is 8.20. The molecule has 0 radical (unpaired) electrons. The minimum absolute atomic E-state index is 0.159. The Hall–Kier alpha value is -2.56. The van der Waals surface area contributed by atoms with Crippen LogP contribution in [0, 0.1) is 18.7 Å². The highest BCUT2D eigenvalue weighted by atomic mass is 32.2. The summed E-state index contributed by atoms with van der Waals surface area (Å²) in [6.45, 7) is 9.06. The molecule has 2 fully saturated rings. The summed E-state index contributed by atoms with van der Waals surface area (Å²) in [5.41, 5.74) is 7.31. The zero-order valence-electron chi connectivity index (χ0n) is 20.0. The van der Waals surface area contributed by atoms with Gasteiger partial charge in [-0.2, -0.15) is 12.7 Å². The monoisotopic (exact) mass is 489 g/mol. The molecule has 2 aliphatic rings. The Kier molecular flexibility index (Phi) is 6.43. The number of anilines is 1. The number of hydrogen-bond donors (Lipinski definition) is 2. The molecule has 184 valence electrons. The van der Waals surface area contributed by atoms with Gasteiger partial charge in [0.05, 0.1) is 11.3 Å². The summed E-state index contributed by atoms with van der Waals surface area (Å²) in [4.78, 5) is 20.1. The van der Waals surface area contributed by atoms with E-state index in [1.54, 1.807) is 31.2 Å². The molecule has 1 aromatic carbocycles. The molecule has 3 N–H and O–H groups in total. The number of hydrogen-bond acceptors (Lipinski definition) is 6. The van der Waals surface area contributed by atoms with Crippen molar-refractivity contribution in [1.29, 1.82) is 0 Å². The number of benzene rings is 1. The Morgan fingerprint density at radius 1 is 1.24 bits per heavy atom. The van der Waals surface area contributed by atoms with Crippen molar-refractivity contribution in [2.45, 2.75) is 52.1 Å². The van der Waals surface area contributed by atoms with Crippen LogP contribution in [0.5, 0.6) is 0 Å². The van der Waals surface area contributed by atoms with Crippen LogP contribution in [-0.2, 0) is 10.2 Å². The SMILES string of the molecule is Cc1c(F)cccc1-c1ccc(C(=O)NS(=O)(=O)N2CC[C@H](N)C2)c(N2C[C@@H](C)CC2(C)C)n1. The van der Waals surface area contributed by atoms with Crippen molar-refractivity contribution in [1.82, 2.24) is 14.0 Å². The van der Waals surface area contributed by atoms with E-state index in [0.717, 1.165) is 6.42 Å². The fourth-order valence-corrected chi connectivity index (χ4v) is 6.24. The lowest BCUT2D eigenvalue weighted by Gasteiger charge is -2.34. The Labute approximate surface area is 200 Å². The van der Waals surface area contributed by atoms with Gasteiger partial charge in [0, 0.05) is 36.8 Å². The lowest BCUT2D eigenvalue weighted by atomic mass is 9.97. The molecule has 1 amide bonds. The van der Waals surface area contributed by atoms with Gasteiger partial charge in [-0.15, -0.1) is 0 Å². The molecule has 2 saturated heterocycles. The normalized spacial score (nSPS) is 22.8. The van der Waals surface area contributed by atoms with Crippen molar-refractivity contribution in [2.24, 2.45) is 11.7 Å². The van der Waals surface area contributed by atoms with Gasteiger partial charge in [-0.1, -0.05) is 19.1 Å². The molecule has 34 heavy (non-hydrogen) atoms. The van der Waals surface area contributed by atoms with Gasteiger partial charge in [-0.25, -0.2) is 14.1 Å². The molecule has 10 heteroatoms. The fraction of sp³-hybridized carbons (Fsp3) is 0.500. The van der Waals surface area contributed by atoms with Crippen LogP contribution in [-0.4, -0.2) is 54.8 Å². The largest absolute Gasteiger partial charge is 0.351 e. The Morgan fingerprint density at radius 3 is 2.59 bits per heavy atom. The van der Waals surface area contributed by atoms with E-state index in [0.29, 0.717) is 41.5 Å². The standard InChI is InChI=1S/C24H32FN5O3S/c1-15-12-24(3,4)30(13-15)22-19(23(31)28-34(32,33)29-11-10-17(26)14-29)8-9-21(27-22)18-6-5-7-20(25)16(18)2/h5-9,15,17H,10-14,26H2,1-4H3,(H,28,31)/t15-,17-/m0/s1. The number of nitrogens with zero attached hydrogens (tertiary/aromatic N) is 3. The molecule has 0 aliphatic carbocycles. The molecule has 0 spiro atoms. The van der Waals surface area contributed by atoms with Crippen LogP contribution in [0.1, 0.15) is 49.5 Å². The first-order valence-corrected chi connectivity index (χ1v) is 12.9. The molecule has 0 unspecified atom stereocenters. The van der Waals surface area contributed by atoms with E-state index in [-0.39, 0.29) is 36.1 Å². The van der Waals surface area contributed by atoms with Crippen LogP contribution in [0.15, 0.2) is 30.3 Å². The van der Waals surface area contributed by atoms with Crippen LogP contribution < -0.4 is 15.4 Å². The van der Waals surface area contributed by atoms with Crippen molar-refractivity contribution in [2.75, 3.05) is 24.5 Å². The summed E-state index contributed by atoms with van der Waals surface area (Å²) in [5.74, 6) is -0.336. The lowest BCUT2D eigenvalue weighted by Crippen LogP contribution is -2.44. The van der Waals surface area contributed by atoms with Gasteiger partial charge in [0.15, 0.2) is 0 Å². The third kappa shape index (κ3) is 4.67. The van der Waals surface area contributed by atoms with Crippen LogP contribution >= 0.6 is 0 Å². The quantitative estimate of drug-likeness (QED) is 0.669. The number of rotatable bonds is 5. The van der Waals surface area contributed by atoms with Gasteiger partial charge in [0.1, 0.15) is 11.6 Å². The third-order valence-electron chi connectivity index (χ3n) is 6.74. The maximum Gasteiger partial charge on any atom is 0.304 e. The van der Waals surface area contributed by atoms with Gasteiger partial charge in [-0.3, -0.25) is 4.79 Å². The number of aromatic nitrogens is 1. The molecule has 1 aromatic heterocycles. The van der Waals surface area contributed by atoms with E-state index in [9.17, 15) is 17.6 Å². The number of amides is 1. The smallest absolute Gasteiger partial charge is 0.304 e. The van der Waals surface area contributed by atoms with Crippen LogP contribution in [0.2, 0.25) is 0 Å². The zero-order chi connectivity index (χ0) is 24.8. The molecule has 2 aliphatic heterocycles. The zero-order valence-corrected chi connectivity index (χ0v) is 20.8. The summed E-state index contributed by atoms with van der Waals surface area (Å²) in [6, 6.07) is 7.75. The second-order valence-electron chi connectivity index (χ2n) is 10.1. The first kappa shape index (κ1) is 24.6. The summed E-state index contributed by atoms with van der Waals surface area (Å²) >= 11 is 0. The van der Waals surface area contributed by atoms with Crippen LogP contribution in [0.25, 0.3) is 11.3 Å². The highest BCUT2D eigenvalue weighted by Gasteiger charge is 2.40. The Balaban J connectivity index is 1.76. The highest BCUT2D eigenvalue weighted by molar-refractivity contribution is 7.87. The predicted molar refractivity (Wildman–Crippen MR) is 130 cm³/mol. The van der Waals surface area contributed by atoms with E-state index in [4.69, 9.17) is 10.7 Å². The number of carbonyl (C=O) groups excluding carboxylic acids is 1. The summed E-state index contributed by atoms with van der Waals surface area (Å²) < 4.78 is 43.2. The first-order valence-electron chi connectivity index (χ1n) is 11.5. The molecule has 0 bridgehead atoms. The second kappa shape index (κ2) is 8.90. The summed E-state index contributed by atoms with van der Waals surface area (Å²) in [7, 11) is -4.04. The van der Waals surface area contributed by atoms with Crippen molar-refractivity contribution < 1.29 is 17.6 Å². The molecule has 3 heterocycles. The average Bonchev–Trinajstić information content (AvgIpc) is 3.31. The summed E-state index contributed by atoms with van der Waals surface area (Å²) in [5, 5.41) is 0. The molecule has 8 nitrogen and oxygen atoms in total. The van der Waals surface area contributed by atoms with Gasteiger partial charge >= 0.3 is 10.2 Å². The molecular formula is C24H32FN5O3S. The van der Waals surface area contributed by atoms with Crippen molar-refractivity contribution in [3.8, 4) is 11.3 Å². The van der Waals surface area contributed by atoms with E-state index >= 15 is 0 Å². The van der Waals surface area contributed by atoms with Crippen molar-refractivity contribution in [3.05, 3.63) is 47.3 Å². The first-order chi connectivity index (χ1) is 15.9. The number of pyridine rings is 1. The van der Waals surface area contributed by atoms with Crippen molar-refractivity contribution >= 4 is 21.9 Å². The molecule has 4 rings (SSSR count). The van der Waals surface area contributed by atoms with Crippen LogP contribution in [0.3, 0.4) is 0 Å². The number of halogens is 1. The van der Waals surface area contributed by atoms with Gasteiger partial charge in [0.2, 0.25) is 0 Å².